The lowest BCUT2D eigenvalue weighted by Crippen LogP contribution is -2.42. The Hall–Kier alpha value is -2.39. The van der Waals surface area contributed by atoms with Crippen molar-refractivity contribution in [1.29, 1.82) is 0 Å². The number of halogens is 4. The summed E-state index contributed by atoms with van der Waals surface area (Å²) < 4.78 is 55.8. The first kappa shape index (κ1) is 20.5. The zero-order valence-electron chi connectivity index (χ0n) is 17.1. The topological polar surface area (TPSA) is 70.7 Å². The zero-order valence-corrected chi connectivity index (χ0v) is 17.1. The molecule has 2 aliphatic carbocycles. The number of aromatic nitrogens is 3. The molecule has 1 N–H and O–H groups in total. The zero-order chi connectivity index (χ0) is 22.1. The molecule has 2 aromatic rings. The number of likely N-dealkylation sites (tertiary alicyclic amines) is 1. The van der Waals surface area contributed by atoms with Gasteiger partial charge in [-0.25, -0.2) is 18.7 Å². The minimum atomic E-state index is -4.22. The molecule has 10 heteroatoms. The van der Waals surface area contributed by atoms with Crippen molar-refractivity contribution in [2.24, 2.45) is 11.8 Å². The second-order valence-electron chi connectivity index (χ2n) is 9.36. The Morgan fingerprint density at radius 3 is 2.58 bits per heavy atom. The molecule has 2 saturated carbocycles. The van der Waals surface area contributed by atoms with E-state index in [0.29, 0.717) is 24.7 Å². The molecule has 168 valence electrons. The summed E-state index contributed by atoms with van der Waals surface area (Å²) in [5.41, 5.74) is 1.21. The van der Waals surface area contributed by atoms with Crippen LogP contribution < -0.4 is 0 Å². The lowest BCUT2D eigenvalue weighted by Gasteiger charge is -2.31. The van der Waals surface area contributed by atoms with E-state index in [1.807, 2.05) is 6.07 Å². The molecule has 0 aromatic carbocycles. The van der Waals surface area contributed by atoms with Crippen LogP contribution in [0.3, 0.4) is 0 Å². The third-order valence-electron chi connectivity index (χ3n) is 7.50. The van der Waals surface area contributed by atoms with Crippen LogP contribution in [0.15, 0.2) is 6.07 Å². The third kappa shape index (κ3) is 3.25. The molecule has 1 aliphatic heterocycles. The van der Waals surface area contributed by atoms with Gasteiger partial charge in [0.05, 0.1) is 11.6 Å². The van der Waals surface area contributed by atoms with Crippen molar-refractivity contribution in [3.8, 4) is 0 Å². The van der Waals surface area contributed by atoms with Gasteiger partial charge in [-0.15, -0.1) is 0 Å². The average molecular weight is 440 g/mol. The van der Waals surface area contributed by atoms with Gasteiger partial charge in [-0.2, -0.15) is 18.3 Å². The smallest absolute Gasteiger partial charge is 0.407 e. The molecule has 6 nitrogen and oxygen atoms in total. The summed E-state index contributed by atoms with van der Waals surface area (Å²) in [5.74, 6) is -1.97. The van der Waals surface area contributed by atoms with Crippen LogP contribution in [0.1, 0.15) is 61.5 Å². The first-order valence-corrected chi connectivity index (χ1v) is 10.7. The molecule has 3 fully saturated rings. The number of aryl methyl sites for hydroxylation is 1. The van der Waals surface area contributed by atoms with E-state index < -0.39 is 29.4 Å². The van der Waals surface area contributed by atoms with Crippen molar-refractivity contribution in [3.05, 3.63) is 29.0 Å². The average Bonchev–Trinajstić information content (AvgIpc) is 3.37. The maximum absolute atomic E-state index is 15.3. The van der Waals surface area contributed by atoms with Crippen molar-refractivity contribution >= 4 is 11.7 Å². The van der Waals surface area contributed by atoms with Gasteiger partial charge in [0, 0.05) is 30.1 Å². The van der Waals surface area contributed by atoms with E-state index in [4.69, 9.17) is 0 Å². The molecule has 1 amide bonds. The molecule has 3 heterocycles. The van der Waals surface area contributed by atoms with Crippen LogP contribution in [-0.4, -0.2) is 50.0 Å². The SMILES string of the molecule is Cc1cc([C@@]23C[C@@H]2CCN(C(=O)O)C3)n2nc([C@H]3CC[C@H](C(F)(F)F)CC3)c(F)c2n1. The summed E-state index contributed by atoms with van der Waals surface area (Å²) in [6, 6.07) is 1.84. The summed E-state index contributed by atoms with van der Waals surface area (Å²) in [7, 11) is 0. The summed E-state index contributed by atoms with van der Waals surface area (Å²) in [6.07, 6.45) is -3.22. The largest absolute Gasteiger partial charge is 0.465 e. The summed E-state index contributed by atoms with van der Waals surface area (Å²) in [5, 5.41) is 14.0. The molecule has 3 aliphatic rings. The number of fused-ring (bicyclic) bond motifs is 2. The van der Waals surface area contributed by atoms with Crippen LogP contribution in [0.25, 0.3) is 5.65 Å². The van der Waals surface area contributed by atoms with Crippen molar-refractivity contribution in [1.82, 2.24) is 19.5 Å². The molecular weight excluding hydrogens is 416 g/mol. The Kier molecular flexibility index (Phi) is 4.50. The maximum atomic E-state index is 15.3. The van der Waals surface area contributed by atoms with Crippen LogP contribution in [0.2, 0.25) is 0 Å². The Morgan fingerprint density at radius 2 is 1.94 bits per heavy atom. The molecule has 0 unspecified atom stereocenters. The fraction of sp³-hybridized carbons (Fsp3) is 0.667. The van der Waals surface area contributed by atoms with Crippen molar-refractivity contribution in [2.75, 3.05) is 13.1 Å². The van der Waals surface area contributed by atoms with Gasteiger partial charge < -0.3 is 10.0 Å². The highest BCUT2D eigenvalue weighted by Gasteiger charge is 2.60. The fourth-order valence-corrected chi connectivity index (χ4v) is 5.68. The number of amides is 1. The lowest BCUT2D eigenvalue weighted by molar-refractivity contribution is -0.182. The van der Waals surface area contributed by atoms with Crippen molar-refractivity contribution < 1.29 is 27.5 Å². The summed E-state index contributed by atoms with van der Waals surface area (Å²) in [4.78, 5) is 17.2. The van der Waals surface area contributed by atoms with Gasteiger partial charge in [-0.05, 0) is 57.4 Å². The Balaban J connectivity index is 1.51. The molecule has 0 spiro atoms. The number of nitrogens with zero attached hydrogens (tertiary/aromatic N) is 4. The highest BCUT2D eigenvalue weighted by atomic mass is 19.4. The normalized spacial score (nSPS) is 31.0. The Morgan fingerprint density at radius 1 is 1.23 bits per heavy atom. The number of hydrogen-bond acceptors (Lipinski definition) is 3. The van der Waals surface area contributed by atoms with Gasteiger partial charge in [-0.3, -0.25) is 0 Å². The van der Waals surface area contributed by atoms with Crippen LogP contribution >= 0.6 is 0 Å². The summed E-state index contributed by atoms with van der Waals surface area (Å²) >= 11 is 0. The fourth-order valence-electron chi connectivity index (χ4n) is 5.68. The minimum absolute atomic E-state index is 0.0274. The highest BCUT2D eigenvalue weighted by molar-refractivity contribution is 5.66. The number of hydrogen-bond donors (Lipinski definition) is 1. The van der Waals surface area contributed by atoms with Crippen LogP contribution in [0.5, 0.6) is 0 Å². The van der Waals surface area contributed by atoms with Gasteiger partial charge in [0.2, 0.25) is 0 Å². The first-order chi connectivity index (χ1) is 14.6. The second-order valence-corrected chi connectivity index (χ2v) is 9.36. The van der Waals surface area contributed by atoms with Gasteiger partial charge in [0.25, 0.3) is 0 Å². The molecule has 0 radical (unpaired) electrons. The Labute approximate surface area is 176 Å². The van der Waals surface area contributed by atoms with Gasteiger partial charge in [-0.1, -0.05) is 0 Å². The predicted octanol–water partition coefficient (Wildman–Crippen LogP) is 4.65. The van der Waals surface area contributed by atoms with E-state index in [2.05, 4.69) is 10.1 Å². The predicted molar refractivity (Wildman–Crippen MR) is 102 cm³/mol. The quantitative estimate of drug-likeness (QED) is 0.690. The number of rotatable bonds is 2. The standard InChI is InChI=1S/C21H24F4N4O2/c1-11-8-15(20-9-14(20)6-7-28(10-20)19(30)31)29-18(26-11)16(22)17(27-29)12-2-4-13(5-3-12)21(23,24)25/h8,12-14H,2-7,9-10H2,1H3,(H,30,31)/t12-,13-,14-,20+/m0/s1. The molecule has 0 bridgehead atoms. The van der Waals surface area contributed by atoms with Crippen LogP contribution in [-0.2, 0) is 5.41 Å². The van der Waals surface area contributed by atoms with E-state index in [1.165, 1.54) is 9.42 Å². The molecule has 2 aromatic heterocycles. The molecular formula is C21H24F4N4O2. The minimum Gasteiger partial charge on any atom is -0.465 e. The van der Waals surface area contributed by atoms with Gasteiger partial charge in [0.15, 0.2) is 11.5 Å². The number of carboxylic acid groups (broad SMARTS) is 1. The Bertz CT molecular complexity index is 1040. The van der Waals surface area contributed by atoms with E-state index in [9.17, 15) is 23.1 Å². The van der Waals surface area contributed by atoms with Crippen molar-refractivity contribution in [3.63, 3.8) is 0 Å². The monoisotopic (exact) mass is 440 g/mol. The number of carbonyl (C=O) groups is 1. The van der Waals surface area contributed by atoms with E-state index in [1.54, 1.807) is 6.92 Å². The summed E-state index contributed by atoms with van der Waals surface area (Å²) in [6.45, 7) is 2.57. The van der Waals surface area contributed by atoms with Crippen molar-refractivity contribution in [2.45, 2.75) is 63.0 Å². The van der Waals surface area contributed by atoms with Gasteiger partial charge in [0.1, 0.15) is 5.69 Å². The molecule has 1 saturated heterocycles. The molecule has 31 heavy (non-hydrogen) atoms. The maximum Gasteiger partial charge on any atom is 0.407 e. The van der Waals surface area contributed by atoms with E-state index in [-0.39, 0.29) is 42.9 Å². The van der Waals surface area contributed by atoms with E-state index in [0.717, 1.165) is 18.5 Å². The van der Waals surface area contributed by atoms with E-state index >= 15 is 4.39 Å². The molecule has 5 rings (SSSR count). The number of piperidine rings is 1. The highest BCUT2D eigenvalue weighted by Crippen LogP contribution is 2.58. The second kappa shape index (κ2) is 6.80. The third-order valence-corrected chi connectivity index (χ3v) is 7.50. The van der Waals surface area contributed by atoms with Crippen LogP contribution in [0, 0.1) is 24.6 Å². The lowest BCUT2D eigenvalue weighted by atomic mass is 9.80. The number of alkyl halides is 3. The molecule has 2 atom stereocenters. The van der Waals surface area contributed by atoms with Gasteiger partial charge >= 0.3 is 12.3 Å². The first-order valence-electron chi connectivity index (χ1n) is 10.7. The van der Waals surface area contributed by atoms with Crippen LogP contribution in [0.4, 0.5) is 22.4 Å².